The number of hydrogen-bond acceptors (Lipinski definition) is 2. The van der Waals surface area contributed by atoms with E-state index in [2.05, 4.69) is 12.2 Å². The van der Waals surface area contributed by atoms with Gasteiger partial charge in [0.05, 0.1) is 0 Å². The van der Waals surface area contributed by atoms with Crippen LogP contribution in [0.3, 0.4) is 0 Å². The molecule has 0 aliphatic carbocycles. The Kier molecular flexibility index (Phi) is 4.55. The summed E-state index contributed by atoms with van der Waals surface area (Å²) in [6.45, 7) is 3.58. The van der Waals surface area contributed by atoms with Crippen LogP contribution in [0.5, 0.6) is 0 Å². The number of benzene rings is 1. The number of amides is 2. The highest BCUT2D eigenvalue weighted by molar-refractivity contribution is 5.97. The zero-order chi connectivity index (χ0) is 13.7. The van der Waals surface area contributed by atoms with Gasteiger partial charge in [-0.3, -0.25) is 9.59 Å². The van der Waals surface area contributed by atoms with Gasteiger partial charge in [0.2, 0.25) is 5.91 Å². The van der Waals surface area contributed by atoms with Gasteiger partial charge in [0.1, 0.15) is 0 Å². The molecule has 1 aliphatic rings. The van der Waals surface area contributed by atoms with E-state index >= 15 is 0 Å². The molecule has 19 heavy (non-hydrogen) atoms. The van der Waals surface area contributed by atoms with Gasteiger partial charge in [-0.25, -0.2) is 0 Å². The fourth-order valence-corrected chi connectivity index (χ4v) is 2.19. The molecule has 102 valence electrons. The van der Waals surface area contributed by atoms with Crippen molar-refractivity contribution in [2.45, 2.75) is 32.6 Å². The number of nitrogens with one attached hydrogen (secondary N) is 1. The molecule has 1 aliphatic heterocycles. The lowest BCUT2D eigenvalue weighted by molar-refractivity contribution is -0.117. The number of rotatable bonds is 5. The quantitative estimate of drug-likeness (QED) is 0.826. The van der Waals surface area contributed by atoms with Crippen LogP contribution in [0.4, 0.5) is 5.69 Å². The molecule has 1 fully saturated rings. The maximum atomic E-state index is 11.8. The molecular weight excluding hydrogens is 240 g/mol. The van der Waals surface area contributed by atoms with Gasteiger partial charge in [-0.15, -0.1) is 0 Å². The van der Waals surface area contributed by atoms with E-state index < -0.39 is 0 Å². The summed E-state index contributed by atoms with van der Waals surface area (Å²) in [5.74, 6) is 0.118. The first kappa shape index (κ1) is 13.6. The Morgan fingerprint density at radius 3 is 2.63 bits per heavy atom. The van der Waals surface area contributed by atoms with Gasteiger partial charge < -0.3 is 10.2 Å². The molecule has 4 heteroatoms. The molecule has 0 unspecified atom stereocenters. The predicted octanol–water partition coefficient (Wildman–Crippen LogP) is 2.34. The molecule has 4 nitrogen and oxygen atoms in total. The van der Waals surface area contributed by atoms with Crippen molar-refractivity contribution in [1.82, 2.24) is 5.32 Å². The van der Waals surface area contributed by atoms with E-state index in [1.807, 2.05) is 12.1 Å². The van der Waals surface area contributed by atoms with E-state index in [4.69, 9.17) is 0 Å². The Morgan fingerprint density at radius 2 is 2.05 bits per heavy atom. The lowest BCUT2D eigenvalue weighted by Gasteiger charge is -2.15. The standard InChI is InChI=1S/C15H20N2O2/c1-2-3-10-16-15(19)12-6-8-13(9-7-12)17-11-4-5-14(17)18/h6-9H,2-5,10-11H2,1H3,(H,16,19). The number of unbranched alkanes of at least 4 members (excludes halogenated alkanes) is 1. The van der Waals surface area contributed by atoms with Crippen molar-refractivity contribution in [3.8, 4) is 0 Å². The summed E-state index contributed by atoms with van der Waals surface area (Å²) in [5, 5.41) is 2.88. The topological polar surface area (TPSA) is 49.4 Å². The molecule has 1 N–H and O–H groups in total. The fraction of sp³-hybridized carbons (Fsp3) is 0.467. The van der Waals surface area contributed by atoms with Crippen LogP contribution < -0.4 is 10.2 Å². The first-order valence-electron chi connectivity index (χ1n) is 6.91. The molecular formula is C15H20N2O2. The smallest absolute Gasteiger partial charge is 0.251 e. The number of nitrogens with zero attached hydrogens (tertiary/aromatic N) is 1. The summed E-state index contributed by atoms with van der Waals surface area (Å²) in [7, 11) is 0. The lowest BCUT2D eigenvalue weighted by atomic mass is 10.2. The van der Waals surface area contributed by atoms with Crippen LogP contribution in [0, 0.1) is 0 Å². The molecule has 1 heterocycles. The SMILES string of the molecule is CCCCNC(=O)c1ccc(N2CCCC2=O)cc1. The van der Waals surface area contributed by atoms with Crippen molar-refractivity contribution >= 4 is 17.5 Å². The third-order valence-corrected chi connectivity index (χ3v) is 3.33. The average molecular weight is 260 g/mol. The van der Waals surface area contributed by atoms with Crippen molar-refractivity contribution in [3.63, 3.8) is 0 Å². The van der Waals surface area contributed by atoms with Crippen LogP contribution >= 0.6 is 0 Å². The highest BCUT2D eigenvalue weighted by Gasteiger charge is 2.21. The molecule has 1 aromatic rings. The maximum Gasteiger partial charge on any atom is 0.251 e. The molecule has 2 rings (SSSR count). The van der Waals surface area contributed by atoms with Crippen LogP contribution in [-0.4, -0.2) is 24.9 Å². The largest absolute Gasteiger partial charge is 0.352 e. The third kappa shape index (κ3) is 3.34. The van der Waals surface area contributed by atoms with Gasteiger partial charge in [0.15, 0.2) is 0 Å². The first-order chi connectivity index (χ1) is 9.22. The molecule has 0 spiro atoms. The summed E-state index contributed by atoms with van der Waals surface area (Å²) in [6.07, 6.45) is 3.60. The summed E-state index contributed by atoms with van der Waals surface area (Å²) in [6, 6.07) is 7.25. The molecule has 0 radical (unpaired) electrons. The summed E-state index contributed by atoms with van der Waals surface area (Å²) >= 11 is 0. The molecule has 0 bridgehead atoms. The Morgan fingerprint density at radius 1 is 1.32 bits per heavy atom. The molecule has 2 amide bonds. The van der Waals surface area contributed by atoms with Gasteiger partial charge in [-0.1, -0.05) is 13.3 Å². The molecule has 0 aromatic heterocycles. The van der Waals surface area contributed by atoms with Crippen LogP contribution in [0.25, 0.3) is 0 Å². The summed E-state index contributed by atoms with van der Waals surface area (Å²) < 4.78 is 0. The van der Waals surface area contributed by atoms with Crippen LogP contribution in [0.1, 0.15) is 43.0 Å². The van der Waals surface area contributed by atoms with Gasteiger partial charge in [-0.05, 0) is 37.1 Å². The number of carbonyl (C=O) groups is 2. The molecule has 1 aromatic carbocycles. The second kappa shape index (κ2) is 6.36. The summed E-state index contributed by atoms with van der Waals surface area (Å²) in [5.41, 5.74) is 1.53. The fourth-order valence-electron chi connectivity index (χ4n) is 2.19. The van der Waals surface area contributed by atoms with Crippen molar-refractivity contribution in [1.29, 1.82) is 0 Å². The average Bonchev–Trinajstić information content (AvgIpc) is 2.85. The molecule has 0 saturated carbocycles. The predicted molar refractivity (Wildman–Crippen MR) is 75.3 cm³/mol. The van der Waals surface area contributed by atoms with E-state index in [1.54, 1.807) is 17.0 Å². The van der Waals surface area contributed by atoms with E-state index in [0.29, 0.717) is 18.5 Å². The van der Waals surface area contributed by atoms with Crippen molar-refractivity contribution in [2.24, 2.45) is 0 Å². The number of carbonyl (C=O) groups excluding carboxylic acids is 2. The number of anilines is 1. The Bertz CT molecular complexity index is 454. The van der Waals surface area contributed by atoms with E-state index in [9.17, 15) is 9.59 Å². The Hall–Kier alpha value is -1.84. The normalized spacial score (nSPS) is 14.8. The van der Waals surface area contributed by atoms with Gasteiger partial charge in [0, 0.05) is 30.8 Å². The van der Waals surface area contributed by atoms with Crippen molar-refractivity contribution in [2.75, 3.05) is 18.0 Å². The second-order valence-electron chi connectivity index (χ2n) is 4.81. The summed E-state index contributed by atoms with van der Waals surface area (Å²) in [4.78, 5) is 25.2. The lowest BCUT2D eigenvalue weighted by Crippen LogP contribution is -2.25. The third-order valence-electron chi connectivity index (χ3n) is 3.33. The Balaban J connectivity index is 1.98. The monoisotopic (exact) mass is 260 g/mol. The minimum absolute atomic E-state index is 0.0484. The van der Waals surface area contributed by atoms with Gasteiger partial charge in [0.25, 0.3) is 5.91 Å². The zero-order valence-corrected chi connectivity index (χ0v) is 11.3. The van der Waals surface area contributed by atoms with Crippen LogP contribution in [0.2, 0.25) is 0 Å². The van der Waals surface area contributed by atoms with Crippen LogP contribution in [-0.2, 0) is 4.79 Å². The van der Waals surface area contributed by atoms with Crippen molar-refractivity contribution in [3.05, 3.63) is 29.8 Å². The van der Waals surface area contributed by atoms with Gasteiger partial charge >= 0.3 is 0 Å². The van der Waals surface area contributed by atoms with Crippen molar-refractivity contribution < 1.29 is 9.59 Å². The second-order valence-corrected chi connectivity index (χ2v) is 4.81. The maximum absolute atomic E-state index is 11.8. The van der Waals surface area contributed by atoms with E-state index in [0.717, 1.165) is 31.5 Å². The molecule has 0 atom stereocenters. The van der Waals surface area contributed by atoms with E-state index in [-0.39, 0.29) is 11.8 Å². The number of hydrogen-bond donors (Lipinski definition) is 1. The van der Waals surface area contributed by atoms with E-state index in [1.165, 1.54) is 0 Å². The zero-order valence-electron chi connectivity index (χ0n) is 11.3. The highest BCUT2D eigenvalue weighted by atomic mass is 16.2. The minimum atomic E-state index is -0.0484. The Labute approximate surface area is 113 Å². The van der Waals surface area contributed by atoms with Gasteiger partial charge in [-0.2, -0.15) is 0 Å². The minimum Gasteiger partial charge on any atom is -0.352 e. The molecule has 1 saturated heterocycles. The highest BCUT2D eigenvalue weighted by Crippen LogP contribution is 2.21. The van der Waals surface area contributed by atoms with Crippen LogP contribution in [0.15, 0.2) is 24.3 Å². The first-order valence-corrected chi connectivity index (χ1v) is 6.91.